The summed E-state index contributed by atoms with van der Waals surface area (Å²) in [7, 11) is 0. The molecule has 1 radical (unpaired) electrons. The second-order valence-electron chi connectivity index (χ2n) is 4.61. The maximum Gasteiger partial charge on any atom is 0.329 e. The number of hydrogen-bond acceptors (Lipinski definition) is 3. The summed E-state index contributed by atoms with van der Waals surface area (Å²) in [5.74, 6) is -0.592. The van der Waals surface area contributed by atoms with Gasteiger partial charge < -0.3 is 5.32 Å². The van der Waals surface area contributed by atoms with E-state index in [1.807, 2.05) is 30.3 Å². The summed E-state index contributed by atoms with van der Waals surface area (Å²) in [4.78, 5) is 35.7. The number of para-hydroxylation sites is 1. The third kappa shape index (κ3) is 4.93. The standard InChI is InChI=1S/C18H15N2O3/c21-14-13-20(18(23)19-16-9-5-2-6-10-16)17(22)12-11-15-7-3-1-4-8-15/h1-12H,13H2,(H,19,23). The second-order valence-corrected chi connectivity index (χ2v) is 4.61. The van der Waals surface area contributed by atoms with Crippen LogP contribution in [0.15, 0.2) is 66.7 Å². The number of carbonyl (C=O) groups excluding carboxylic acids is 3. The Morgan fingerprint density at radius 3 is 2.22 bits per heavy atom. The zero-order valence-corrected chi connectivity index (χ0v) is 12.3. The van der Waals surface area contributed by atoms with E-state index in [1.54, 1.807) is 42.7 Å². The van der Waals surface area contributed by atoms with Gasteiger partial charge in [-0.3, -0.25) is 14.5 Å². The molecule has 0 spiro atoms. The van der Waals surface area contributed by atoms with Gasteiger partial charge in [-0.2, -0.15) is 0 Å². The molecule has 0 aliphatic rings. The highest BCUT2D eigenvalue weighted by Crippen LogP contribution is 2.07. The van der Waals surface area contributed by atoms with E-state index in [-0.39, 0.29) is 0 Å². The van der Waals surface area contributed by atoms with Crippen LogP contribution in [0, 0.1) is 0 Å². The molecule has 0 aliphatic carbocycles. The molecule has 2 rings (SSSR count). The van der Waals surface area contributed by atoms with Gasteiger partial charge in [-0.15, -0.1) is 0 Å². The summed E-state index contributed by atoms with van der Waals surface area (Å²) < 4.78 is 0. The Bertz CT molecular complexity index is 697. The molecule has 0 saturated heterocycles. The molecule has 0 unspecified atom stereocenters. The molecule has 0 saturated carbocycles. The van der Waals surface area contributed by atoms with E-state index in [2.05, 4.69) is 5.32 Å². The van der Waals surface area contributed by atoms with Crippen molar-refractivity contribution < 1.29 is 14.4 Å². The predicted molar refractivity (Wildman–Crippen MR) is 88.3 cm³/mol. The van der Waals surface area contributed by atoms with Crippen LogP contribution in [-0.2, 0) is 9.59 Å². The van der Waals surface area contributed by atoms with Crippen molar-refractivity contribution in [3.63, 3.8) is 0 Å². The van der Waals surface area contributed by atoms with Crippen LogP contribution in [0.4, 0.5) is 10.5 Å². The number of nitrogens with one attached hydrogen (secondary N) is 1. The van der Waals surface area contributed by atoms with Crippen molar-refractivity contribution in [2.45, 2.75) is 0 Å². The van der Waals surface area contributed by atoms with Crippen molar-refractivity contribution in [1.82, 2.24) is 4.90 Å². The van der Waals surface area contributed by atoms with Crippen LogP contribution in [0.2, 0.25) is 0 Å². The molecule has 0 aromatic heterocycles. The lowest BCUT2D eigenvalue weighted by Gasteiger charge is -2.17. The molecule has 23 heavy (non-hydrogen) atoms. The van der Waals surface area contributed by atoms with Crippen LogP contribution >= 0.6 is 0 Å². The smallest absolute Gasteiger partial charge is 0.307 e. The van der Waals surface area contributed by atoms with E-state index < -0.39 is 18.5 Å². The first-order valence-corrected chi connectivity index (χ1v) is 6.96. The minimum atomic E-state index is -0.678. The molecule has 0 bridgehead atoms. The molecule has 5 nitrogen and oxygen atoms in total. The highest BCUT2D eigenvalue weighted by atomic mass is 16.2. The van der Waals surface area contributed by atoms with E-state index in [1.165, 1.54) is 6.08 Å². The molecule has 0 fully saturated rings. The first-order chi connectivity index (χ1) is 11.2. The summed E-state index contributed by atoms with van der Waals surface area (Å²) in [5.41, 5.74) is 1.35. The van der Waals surface area contributed by atoms with Gasteiger partial charge in [-0.25, -0.2) is 4.79 Å². The summed E-state index contributed by atoms with van der Waals surface area (Å²) in [6, 6.07) is 17.2. The minimum absolute atomic E-state index is 0.434. The van der Waals surface area contributed by atoms with Crippen LogP contribution in [0.3, 0.4) is 0 Å². The Hall–Kier alpha value is -3.21. The number of carbonyl (C=O) groups is 2. The maximum atomic E-state index is 12.1. The molecule has 0 atom stereocenters. The maximum absolute atomic E-state index is 12.1. The average molecular weight is 307 g/mol. The Balaban J connectivity index is 2.07. The van der Waals surface area contributed by atoms with Gasteiger partial charge in [0.2, 0.25) is 6.29 Å². The lowest BCUT2D eigenvalue weighted by Crippen LogP contribution is -2.40. The Morgan fingerprint density at radius 1 is 1.00 bits per heavy atom. The van der Waals surface area contributed by atoms with E-state index >= 15 is 0 Å². The van der Waals surface area contributed by atoms with Gasteiger partial charge in [0.05, 0.1) is 6.54 Å². The van der Waals surface area contributed by atoms with Crippen molar-refractivity contribution in [3.05, 3.63) is 72.3 Å². The Kier molecular flexibility index (Phi) is 5.82. The average Bonchev–Trinajstić information content (AvgIpc) is 2.59. The monoisotopic (exact) mass is 307 g/mol. The summed E-state index contributed by atoms with van der Waals surface area (Å²) in [5, 5.41) is 2.56. The normalized spacial score (nSPS) is 10.3. The van der Waals surface area contributed by atoms with Crippen LogP contribution in [0.1, 0.15) is 5.56 Å². The first kappa shape index (κ1) is 16.2. The number of imide groups is 1. The third-order valence-corrected chi connectivity index (χ3v) is 2.98. The second kappa shape index (κ2) is 8.29. The van der Waals surface area contributed by atoms with E-state index in [4.69, 9.17) is 0 Å². The quantitative estimate of drug-likeness (QED) is 0.864. The number of anilines is 1. The number of rotatable bonds is 5. The molecule has 2 aromatic rings. The molecule has 5 heteroatoms. The van der Waals surface area contributed by atoms with Crippen LogP contribution in [0.25, 0.3) is 6.08 Å². The van der Waals surface area contributed by atoms with Gasteiger partial charge >= 0.3 is 6.03 Å². The SMILES string of the molecule is O=[C]CN(C(=O)C=Cc1ccccc1)C(=O)Nc1ccccc1. The number of urea groups is 1. The van der Waals surface area contributed by atoms with Crippen molar-refractivity contribution in [3.8, 4) is 0 Å². The molecule has 2 aromatic carbocycles. The lowest BCUT2D eigenvalue weighted by molar-refractivity contribution is -0.122. The number of amides is 3. The Morgan fingerprint density at radius 2 is 1.61 bits per heavy atom. The minimum Gasteiger partial charge on any atom is -0.307 e. The number of nitrogens with zero attached hydrogens (tertiary/aromatic N) is 1. The summed E-state index contributed by atoms with van der Waals surface area (Å²) in [6.45, 7) is -0.434. The highest BCUT2D eigenvalue weighted by molar-refractivity contribution is 6.07. The zero-order chi connectivity index (χ0) is 16.5. The predicted octanol–water partition coefficient (Wildman–Crippen LogP) is 2.87. The molecule has 0 aliphatic heterocycles. The summed E-state index contributed by atoms with van der Waals surface area (Å²) in [6.07, 6.45) is 4.40. The number of hydrogen-bond donors (Lipinski definition) is 1. The van der Waals surface area contributed by atoms with Crippen LogP contribution < -0.4 is 5.32 Å². The fourth-order valence-electron chi connectivity index (χ4n) is 1.85. The zero-order valence-electron chi connectivity index (χ0n) is 12.3. The van der Waals surface area contributed by atoms with Gasteiger partial charge in [0, 0.05) is 11.8 Å². The third-order valence-electron chi connectivity index (χ3n) is 2.98. The van der Waals surface area contributed by atoms with Gasteiger partial charge in [0.15, 0.2) is 0 Å². The van der Waals surface area contributed by atoms with E-state index in [0.717, 1.165) is 10.5 Å². The topological polar surface area (TPSA) is 66.5 Å². The first-order valence-electron chi connectivity index (χ1n) is 6.96. The van der Waals surface area contributed by atoms with Crippen molar-refractivity contribution in [1.29, 1.82) is 0 Å². The van der Waals surface area contributed by atoms with Crippen molar-refractivity contribution in [2.24, 2.45) is 0 Å². The van der Waals surface area contributed by atoms with E-state index in [9.17, 15) is 14.4 Å². The Labute approximate surface area is 134 Å². The molecule has 0 heterocycles. The number of benzene rings is 2. The van der Waals surface area contributed by atoms with Gasteiger partial charge in [-0.05, 0) is 23.8 Å². The molecular weight excluding hydrogens is 292 g/mol. The summed E-state index contributed by atoms with van der Waals surface area (Å²) >= 11 is 0. The van der Waals surface area contributed by atoms with Gasteiger partial charge in [0.1, 0.15) is 0 Å². The molecule has 1 N–H and O–H groups in total. The molecule has 115 valence electrons. The van der Waals surface area contributed by atoms with Gasteiger partial charge in [-0.1, -0.05) is 48.5 Å². The van der Waals surface area contributed by atoms with E-state index in [0.29, 0.717) is 5.69 Å². The van der Waals surface area contributed by atoms with Crippen LogP contribution in [0.5, 0.6) is 0 Å². The molecular formula is C18H15N2O3. The fraction of sp³-hybridized carbons (Fsp3) is 0.0556. The van der Waals surface area contributed by atoms with Crippen molar-refractivity contribution in [2.75, 3.05) is 11.9 Å². The van der Waals surface area contributed by atoms with Crippen molar-refractivity contribution >= 4 is 30.0 Å². The largest absolute Gasteiger partial charge is 0.329 e. The highest BCUT2D eigenvalue weighted by Gasteiger charge is 2.19. The lowest BCUT2D eigenvalue weighted by atomic mass is 10.2. The fourth-order valence-corrected chi connectivity index (χ4v) is 1.85. The van der Waals surface area contributed by atoms with Crippen LogP contribution in [-0.4, -0.2) is 29.7 Å². The molecule has 3 amide bonds. The van der Waals surface area contributed by atoms with Gasteiger partial charge in [0.25, 0.3) is 5.91 Å².